The Morgan fingerprint density at radius 3 is 2.35 bits per heavy atom. The number of rotatable bonds is 6. The highest BCUT2D eigenvalue weighted by Gasteiger charge is 2.15. The highest BCUT2D eigenvalue weighted by molar-refractivity contribution is 5.94. The van der Waals surface area contributed by atoms with E-state index in [0.717, 1.165) is 5.56 Å². The van der Waals surface area contributed by atoms with Gasteiger partial charge in [-0.05, 0) is 55.8 Å². The van der Waals surface area contributed by atoms with Crippen molar-refractivity contribution in [3.05, 3.63) is 54.1 Å². The molecule has 0 spiro atoms. The number of halogens is 2. The zero-order chi connectivity index (χ0) is 16.8. The van der Waals surface area contributed by atoms with Gasteiger partial charge in [0, 0.05) is 5.69 Å². The van der Waals surface area contributed by atoms with Crippen LogP contribution >= 0.6 is 0 Å². The summed E-state index contributed by atoms with van der Waals surface area (Å²) >= 11 is 0. The van der Waals surface area contributed by atoms with Crippen LogP contribution in [-0.2, 0) is 4.79 Å². The molecule has 0 aliphatic carbocycles. The second kappa shape index (κ2) is 7.58. The van der Waals surface area contributed by atoms with Gasteiger partial charge in [-0.2, -0.15) is 8.78 Å². The Hall–Kier alpha value is -2.63. The van der Waals surface area contributed by atoms with Gasteiger partial charge in [0.15, 0.2) is 6.10 Å². The maximum Gasteiger partial charge on any atom is 0.387 e. The largest absolute Gasteiger partial charge is 0.481 e. The predicted octanol–water partition coefficient (Wildman–Crippen LogP) is 4.00. The number of carbonyl (C=O) groups is 1. The molecule has 0 radical (unpaired) electrons. The lowest BCUT2D eigenvalue weighted by atomic mass is 10.2. The number of ether oxygens (including phenoxy) is 2. The molecule has 1 amide bonds. The van der Waals surface area contributed by atoms with Crippen molar-refractivity contribution in [2.45, 2.75) is 26.6 Å². The molecule has 0 bridgehead atoms. The third-order valence-electron chi connectivity index (χ3n) is 3.02. The SMILES string of the molecule is Cc1cccc(O[C@@H](C)C(=O)Nc2ccc(OC(F)F)cc2)c1. The molecule has 0 heterocycles. The number of amides is 1. The highest BCUT2D eigenvalue weighted by Crippen LogP contribution is 2.19. The molecule has 2 aromatic carbocycles. The van der Waals surface area contributed by atoms with E-state index in [1.165, 1.54) is 24.3 Å². The summed E-state index contributed by atoms with van der Waals surface area (Å²) in [5.41, 5.74) is 1.50. The van der Waals surface area contributed by atoms with Crippen molar-refractivity contribution in [2.75, 3.05) is 5.32 Å². The van der Waals surface area contributed by atoms with Crippen molar-refractivity contribution in [3.63, 3.8) is 0 Å². The van der Waals surface area contributed by atoms with Crippen LogP contribution in [0.1, 0.15) is 12.5 Å². The average molecular weight is 321 g/mol. The quantitative estimate of drug-likeness (QED) is 0.875. The highest BCUT2D eigenvalue weighted by atomic mass is 19.3. The van der Waals surface area contributed by atoms with E-state index in [9.17, 15) is 13.6 Å². The maximum atomic E-state index is 12.1. The number of alkyl halides is 2. The monoisotopic (exact) mass is 321 g/mol. The molecule has 4 nitrogen and oxygen atoms in total. The molecular formula is C17H17F2NO3. The molecule has 0 saturated heterocycles. The minimum Gasteiger partial charge on any atom is -0.481 e. The molecule has 6 heteroatoms. The predicted molar refractivity (Wildman–Crippen MR) is 83.0 cm³/mol. The number of anilines is 1. The van der Waals surface area contributed by atoms with Crippen LogP contribution in [0.15, 0.2) is 48.5 Å². The van der Waals surface area contributed by atoms with Crippen LogP contribution in [0.25, 0.3) is 0 Å². The first-order valence-electron chi connectivity index (χ1n) is 7.03. The van der Waals surface area contributed by atoms with Crippen molar-refractivity contribution >= 4 is 11.6 Å². The molecule has 0 saturated carbocycles. The molecule has 0 fully saturated rings. The number of hydrogen-bond acceptors (Lipinski definition) is 3. The molecule has 0 aliphatic rings. The molecule has 2 aromatic rings. The first-order valence-corrected chi connectivity index (χ1v) is 7.03. The third kappa shape index (κ3) is 5.25. The molecule has 1 atom stereocenters. The van der Waals surface area contributed by atoms with Gasteiger partial charge in [-0.25, -0.2) is 0 Å². The van der Waals surface area contributed by atoms with Crippen LogP contribution in [0.5, 0.6) is 11.5 Å². The van der Waals surface area contributed by atoms with E-state index >= 15 is 0 Å². The van der Waals surface area contributed by atoms with Gasteiger partial charge in [0.1, 0.15) is 11.5 Å². The van der Waals surface area contributed by atoms with Crippen LogP contribution in [0, 0.1) is 6.92 Å². The summed E-state index contributed by atoms with van der Waals surface area (Å²) in [6.07, 6.45) is -0.700. The average Bonchev–Trinajstić information content (AvgIpc) is 2.48. The smallest absolute Gasteiger partial charge is 0.387 e. The number of aryl methyl sites for hydroxylation is 1. The number of benzene rings is 2. The van der Waals surface area contributed by atoms with E-state index in [-0.39, 0.29) is 11.7 Å². The van der Waals surface area contributed by atoms with E-state index in [1.54, 1.807) is 13.0 Å². The third-order valence-corrected chi connectivity index (χ3v) is 3.02. The second-order valence-corrected chi connectivity index (χ2v) is 4.97. The normalized spacial score (nSPS) is 11.9. The first-order chi connectivity index (χ1) is 10.9. The summed E-state index contributed by atoms with van der Waals surface area (Å²) in [7, 11) is 0. The van der Waals surface area contributed by atoms with Gasteiger partial charge >= 0.3 is 6.61 Å². The number of carbonyl (C=O) groups excluding carboxylic acids is 1. The van der Waals surface area contributed by atoms with Crippen LogP contribution in [0.2, 0.25) is 0 Å². The van der Waals surface area contributed by atoms with Gasteiger partial charge < -0.3 is 14.8 Å². The fourth-order valence-electron chi connectivity index (χ4n) is 1.91. The second-order valence-electron chi connectivity index (χ2n) is 4.97. The molecule has 0 aliphatic heterocycles. The van der Waals surface area contributed by atoms with Crippen molar-refractivity contribution in [2.24, 2.45) is 0 Å². The molecule has 23 heavy (non-hydrogen) atoms. The minimum absolute atomic E-state index is 0.0297. The van der Waals surface area contributed by atoms with Gasteiger partial charge in [-0.3, -0.25) is 4.79 Å². The lowest BCUT2D eigenvalue weighted by molar-refractivity contribution is -0.122. The zero-order valence-electron chi connectivity index (χ0n) is 12.8. The van der Waals surface area contributed by atoms with Crippen molar-refractivity contribution in [1.82, 2.24) is 0 Å². The summed E-state index contributed by atoms with van der Waals surface area (Å²) in [5.74, 6) is 0.296. The Morgan fingerprint density at radius 1 is 1.04 bits per heavy atom. The minimum atomic E-state index is -2.88. The molecular weight excluding hydrogens is 304 g/mol. The first kappa shape index (κ1) is 16.7. The van der Waals surface area contributed by atoms with Crippen LogP contribution in [0.3, 0.4) is 0 Å². The van der Waals surface area contributed by atoms with Gasteiger partial charge in [0.2, 0.25) is 0 Å². The van der Waals surface area contributed by atoms with Gasteiger partial charge in [-0.1, -0.05) is 12.1 Å². The molecule has 122 valence electrons. The Kier molecular flexibility index (Phi) is 5.51. The summed E-state index contributed by atoms with van der Waals surface area (Å²) in [6, 6.07) is 13.1. The Morgan fingerprint density at radius 2 is 1.74 bits per heavy atom. The number of nitrogens with one attached hydrogen (secondary N) is 1. The molecule has 2 rings (SSSR count). The van der Waals surface area contributed by atoms with Gasteiger partial charge in [0.25, 0.3) is 5.91 Å². The van der Waals surface area contributed by atoms with E-state index in [2.05, 4.69) is 10.1 Å². The summed E-state index contributed by atoms with van der Waals surface area (Å²) < 4.78 is 33.9. The lowest BCUT2D eigenvalue weighted by Gasteiger charge is -2.15. The Bertz CT molecular complexity index is 659. The standard InChI is InChI=1S/C17H17F2NO3/c1-11-4-3-5-15(10-11)22-12(2)16(21)20-13-6-8-14(9-7-13)23-17(18)19/h3-10,12,17H,1-2H3,(H,20,21)/t12-/m0/s1. The van der Waals surface area contributed by atoms with Crippen molar-refractivity contribution in [3.8, 4) is 11.5 Å². The summed E-state index contributed by atoms with van der Waals surface area (Å²) in [4.78, 5) is 12.1. The van der Waals surface area contributed by atoms with Crippen LogP contribution < -0.4 is 14.8 Å². The zero-order valence-corrected chi connectivity index (χ0v) is 12.8. The molecule has 0 unspecified atom stereocenters. The topological polar surface area (TPSA) is 47.6 Å². The Labute approximate surface area is 133 Å². The van der Waals surface area contributed by atoms with E-state index in [1.807, 2.05) is 25.1 Å². The fraction of sp³-hybridized carbons (Fsp3) is 0.235. The van der Waals surface area contributed by atoms with Crippen LogP contribution in [0.4, 0.5) is 14.5 Å². The van der Waals surface area contributed by atoms with Crippen LogP contribution in [-0.4, -0.2) is 18.6 Å². The lowest BCUT2D eigenvalue weighted by Crippen LogP contribution is -2.30. The van der Waals surface area contributed by atoms with Crippen molar-refractivity contribution in [1.29, 1.82) is 0 Å². The van der Waals surface area contributed by atoms with E-state index in [0.29, 0.717) is 11.4 Å². The summed E-state index contributed by atoms with van der Waals surface area (Å²) in [6.45, 7) is 0.685. The van der Waals surface area contributed by atoms with Crippen molar-refractivity contribution < 1.29 is 23.0 Å². The van der Waals surface area contributed by atoms with E-state index < -0.39 is 12.7 Å². The maximum absolute atomic E-state index is 12.1. The molecule has 0 aromatic heterocycles. The van der Waals surface area contributed by atoms with Gasteiger partial charge in [0.05, 0.1) is 0 Å². The Balaban J connectivity index is 1.92. The summed E-state index contributed by atoms with van der Waals surface area (Å²) in [5, 5.41) is 2.65. The van der Waals surface area contributed by atoms with E-state index in [4.69, 9.17) is 4.74 Å². The number of hydrogen-bond donors (Lipinski definition) is 1. The van der Waals surface area contributed by atoms with Gasteiger partial charge in [-0.15, -0.1) is 0 Å². The molecule has 1 N–H and O–H groups in total. The fourth-order valence-corrected chi connectivity index (χ4v) is 1.91.